The van der Waals surface area contributed by atoms with Gasteiger partial charge < -0.3 is 5.32 Å². The van der Waals surface area contributed by atoms with Crippen molar-refractivity contribution < 1.29 is 8.78 Å². The minimum atomic E-state index is -0.767. The number of benzene rings is 1. The Labute approximate surface area is 114 Å². The van der Waals surface area contributed by atoms with Gasteiger partial charge in [-0.15, -0.1) is 0 Å². The Balaban J connectivity index is 2.07. The summed E-state index contributed by atoms with van der Waals surface area (Å²) < 4.78 is 26.4. The van der Waals surface area contributed by atoms with E-state index in [1.807, 2.05) is 6.92 Å². The molecule has 0 radical (unpaired) electrons. The molecule has 0 aromatic heterocycles. The van der Waals surface area contributed by atoms with Gasteiger partial charge in [-0.25, -0.2) is 8.78 Å². The Morgan fingerprint density at radius 3 is 2.53 bits per heavy atom. The zero-order valence-electron chi connectivity index (χ0n) is 11.6. The van der Waals surface area contributed by atoms with E-state index >= 15 is 0 Å². The molecule has 1 nitrogen and oxygen atoms in total. The Bertz CT molecular complexity index is 400. The maximum Gasteiger partial charge on any atom is 0.159 e. The summed E-state index contributed by atoms with van der Waals surface area (Å²) in [4.78, 5) is 0. The van der Waals surface area contributed by atoms with Crippen molar-refractivity contribution >= 4 is 0 Å². The summed E-state index contributed by atoms with van der Waals surface area (Å²) in [6.45, 7) is 2.89. The summed E-state index contributed by atoms with van der Waals surface area (Å²) in [7, 11) is 0. The molecule has 1 aliphatic carbocycles. The van der Waals surface area contributed by atoms with Crippen molar-refractivity contribution in [3.63, 3.8) is 0 Å². The molecule has 1 N–H and O–H groups in total. The van der Waals surface area contributed by atoms with Crippen LogP contribution in [0.4, 0.5) is 8.78 Å². The van der Waals surface area contributed by atoms with Gasteiger partial charge in [0, 0.05) is 6.04 Å². The molecular formula is C16H23F2N. The molecule has 0 saturated heterocycles. The van der Waals surface area contributed by atoms with Crippen molar-refractivity contribution in [1.82, 2.24) is 5.32 Å². The van der Waals surface area contributed by atoms with Crippen molar-refractivity contribution in [3.8, 4) is 0 Å². The summed E-state index contributed by atoms with van der Waals surface area (Å²) in [6.07, 6.45) is 7.52. The number of nitrogens with one attached hydrogen (secondary N) is 1. The lowest BCUT2D eigenvalue weighted by Crippen LogP contribution is -2.24. The second-order valence-electron chi connectivity index (χ2n) is 5.52. The van der Waals surface area contributed by atoms with Crippen LogP contribution in [0, 0.1) is 17.6 Å². The fourth-order valence-electron chi connectivity index (χ4n) is 3.07. The van der Waals surface area contributed by atoms with Crippen LogP contribution in [0.5, 0.6) is 0 Å². The van der Waals surface area contributed by atoms with Crippen molar-refractivity contribution in [1.29, 1.82) is 0 Å². The fraction of sp³-hybridized carbons (Fsp3) is 0.625. The van der Waals surface area contributed by atoms with Crippen LogP contribution in [0.2, 0.25) is 0 Å². The Hall–Kier alpha value is -0.960. The van der Waals surface area contributed by atoms with Gasteiger partial charge in [-0.1, -0.05) is 45.1 Å². The van der Waals surface area contributed by atoms with Crippen LogP contribution < -0.4 is 5.32 Å². The van der Waals surface area contributed by atoms with Gasteiger partial charge in [0.15, 0.2) is 11.6 Å². The first-order chi connectivity index (χ1) is 9.20. The largest absolute Gasteiger partial charge is 0.310 e. The van der Waals surface area contributed by atoms with Gasteiger partial charge >= 0.3 is 0 Å². The highest BCUT2D eigenvalue weighted by Gasteiger charge is 2.20. The van der Waals surface area contributed by atoms with E-state index in [-0.39, 0.29) is 6.04 Å². The van der Waals surface area contributed by atoms with E-state index in [1.165, 1.54) is 44.2 Å². The monoisotopic (exact) mass is 267 g/mol. The number of rotatable bonds is 5. The molecule has 1 aliphatic rings. The smallest absolute Gasteiger partial charge is 0.159 e. The van der Waals surface area contributed by atoms with E-state index in [0.717, 1.165) is 18.5 Å². The van der Waals surface area contributed by atoms with E-state index in [9.17, 15) is 8.78 Å². The summed E-state index contributed by atoms with van der Waals surface area (Å²) in [5, 5.41) is 3.40. The lowest BCUT2D eigenvalue weighted by Gasteiger charge is -2.27. The van der Waals surface area contributed by atoms with E-state index in [4.69, 9.17) is 0 Å². The van der Waals surface area contributed by atoms with Crippen molar-refractivity contribution in [2.75, 3.05) is 6.54 Å². The topological polar surface area (TPSA) is 12.0 Å². The molecule has 1 unspecified atom stereocenters. The van der Waals surface area contributed by atoms with Crippen LogP contribution in [0.3, 0.4) is 0 Å². The van der Waals surface area contributed by atoms with Gasteiger partial charge in [-0.2, -0.15) is 0 Å². The third kappa shape index (κ3) is 4.00. The molecule has 1 aromatic carbocycles. The molecule has 0 bridgehead atoms. The molecule has 19 heavy (non-hydrogen) atoms. The minimum absolute atomic E-state index is 0.142. The molecule has 3 heteroatoms. The lowest BCUT2D eigenvalue weighted by atomic mass is 9.83. The quantitative estimate of drug-likeness (QED) is 0.823. The molecule has 106 valence electrons. The molecular weight excluding hydrogens is 244 g/mol. The lowest BCUT2D eigenvalue weighted by molar-refractivity contribution is 0.301. The van der Waals surface area contributed by atoms with E-state index in [1.54, 1.807) is 6.07 Å². The number of hydrogen-bond donors (Lipinski definition) is 1. The molecule has 2 rings (SSSR count). The molecule has 0 amide bonds. The maximum atomic E-state index is 13.4. The minimum Gasteiger partial charge on any atom is -0.310 e. The zero-order valence-corrected chi connectivity index (χ0v) is 11.6. The average Bonchev–Trinajstić information content (AvgIpc) is 2.43. The average molecular weight is 267 g/mol. The van der Waals surface area contributed by atoms with E-state index < -0.39 is 11.6 Å². The Morgan fingerprint density at radius 1 is 1.16 bits per heavy atom. The SMILES string of the molecule is CCNC(CC1CCCCC1)c1ccc(F)c(F)c1. The van der Waals surface area contributed by atoms with E-state index in [2.05, 4.69) is 5.32 Å². The first-order valence-electron chi connectivity index (χ1n) is 7.39. The van der Waals surface area contributed by atoms with Crippen LogP contribution in [-0.2, 0) is 0 Å². The van der Waals surface area contributed by atoms with Gasteiger partial charge in [0.05, 0.1) is 0 Å². The fourth-order valence-corrected chi connectivity index (χ4v) is 3.07. The highest BCUT2D eigenvalue weighted by atomic mass is 19.2. The summed E-state index contributed by atoms with van der Waals surface area (Å²) >= 11 is 0. The molecule has 1 aromatic rings. The third-order valence-electron chi connectivity index (χ3n) is 4.09. The van der Waals surface area contributed by atoms with Crippen LogP contribution in [-0.4, -0.2) is 6.54 Å². The summed E-state index contributed by atoms with van der Waals surface area (Å²) in [5.41, 5.74) is 0.867. The third-order valence-corrected chi connectivity index (χ3v) is 4.09. The molecule has 1 fully saturated rings. The number of hydrogen-bond acceptors (Lipinski definition) is 1. The first-order valence-corrected chi connectivity index (χ1v) is 7.39. The van der Waals surface area contributed by atoms with E-state index in [0.29, 0.717) is 5.92 Å². The summed E-state index contributed by atoms with van der Waals surface area (Å²) in [5.74, 6) is -0.799. The van der Waals surface area contributed by atoms with Gasteiger partial charge in [-0.05, 0) is 36.6 Å². The highest BCUT2D eigenvalue weighted by molar-refractivity contribution is 5.21. The molecule has 0 heterocycles. The van der Waals surface area contributed by atoms with Gasteiger partial charge in [0.1, 0.15) is 0 Å². The van der Waals surface area contributed by atoms with Gasteiger partial charge in [0.2, 0.25) is 0 Å². The molecule has 1 atom stereocenters. The molecule has 1 saturated carbocycles. The Morgan fingerprint density at radius 2 is 1.89 bits per heavy atom. The van der Waals surface area contributed by atoms with Gasteiger partial charge in [0.25, 0.3) is 0 Å². The van der Waals surface area contributed by atoms with Crippen LogP contribution in [0.25, 0.3) is 0 Å². The van der Waals surface area contributed by atoms with Crippen LogP contribution in [0.1, 0.15) is 57.1 Å². The predicted octanol–water partition coefficient (Wildman–Crippen LogP) is 4.59. The van der Waals surface area contributed by atoms with Crippen molar-refractivity contribution in [2.24, 2.45) is 5.92 Å². The van der Waals surface area contributed by atoms with Crippen LogP contribution in [0.15, 0.2) is 18.2 Å². The molecule has 0 aliphatic heterocycles. The summed E-state index contributed by atoms with van der Waals surface area (Å²) in [6, 6.07) is 4.42. The second kappa shape index (κ2) is 6.99. The predicted molar refractivity (Wildman–Crippen MR) is 74.0 cm³/mol. The van der Waals surface area contributed by atoms with Crippen molar-refractivity contribution in [2.45, 2.75) is 51.5 Å². The zero-order chi connectivity index (χ0) is 13.7. The molecule has 0 spiro atoms. The Kier molecular flexibility index (Phi) is 5.32. The first kappa shape index (κ1) is 14.4. The van der Waals surface area contributed by atoms with Crippen LogP contribution >= 0.6 is 0 Å². The second-order valence-corrected chi connectivity index (χ2v) is 5.52. The van der Waals surface area contributed by atoms with Gasteiger partial charge in [-0.3, -0.25) is 0 Å². The van der Waals surface area contributed by atoms with Crippen molar-refractivity contribution in [3.05, 3.63) is 35.4 Å². The highest BCUT2D eigenvalue weighted by Crippen LogP contribution is 2.32. The normalized spacial score (nSPS) is 18.5. The standard InChI is InChI=1S/C16H23F2N/c1-2-19-16(10-12-6-4-3-5-7-12)13-8-9-14(17)15(18)11-13/h8-9,11-12,16,19H,2-7,10H2,1H3. The maximum absolute atomic E-state index is 13.4. The number of halogens is 2.